The zero-order chi connectivity index (χ0) is 8.27. The zero-order valence-electron chi connectivity index (χ0n) is 6.79. The summed E-state index contributed by atoms with van der Waals surface area (Å²) in [5.74, 6) is 0.778. The smallest absolute Gasteiger partial charge is 0.0497 e. The summed E-state index contributed by atoms with van der Waals surface area (Å²) in [6, 6.07) is 0. The summed E-state index contributed by atoms with van der Waals surface area (Å²) in [6.07, 6.45) is 1.28. The minimum Gasteiger partial charge on any atom is -0.381 e. The zero-order valence-corrected chi connectivity index (χ0v) is 11.0. The second-order valence-electron chi connectivity index (χ2n) is 2.94. The first kappa shape index (κ1) is 10.8. The molecule has 1 heterocycles. The monoisotopic (exact) mass is 228 g/mol. The number of ether oxygens (including phenoxy) is 1. The molecule has 0 amide bonds. The maximum Gasteiger partial charge on any atom is 0.0497 e. The van der Waals surface area contributed by atoms with Crippen LogP contribution in [0.1, 0.15) is 13.3 Å². The van der Waals surface area contributed by atoms with Gasteiger partial charge in [0.05, 0.1) is 0 Å². The second kappa shape index (κ2) is 5.42. The molecule has 0 aromatic carbocycles. The van der Waals surface area contributed by atoms with Crippen LogP contribution in [0, 0.1) is 5.92 Å². The molecule has 1 aliphatic heterocycles. The van der Waals surface area contributed by atoms with Crippen molar-refractivity contribution in [1.82, 2.24) is 0 Å². The van der Waals surface area contributed by atoms with Crippen molar-refractivity contribution in [2.24, 2.45) is 5.92 Å². The number of rotatable bonds is 2. The second-order valence-corrected chi connectivity index (χ2v) is 12.5. The molecule has 66 valence electrons. The molecule has 0 N–H and O–H groups in total. The third-order valence-corrected chi connectivity index (χ3v) is 13.6. The maximum atomic E-state index is 5.40. The Morgan fingerprint density at radius 2 is 2.36 bits per heavy atom. The first-order valence-corrected chi connectivity index (χ1v) is 10.5. The Hall–Kier alpha value is 1.68. The van der Waals surface area contributed by atoms with Crippen LogP contribution in [0.4, 0.5) is 0 Å². The fourth-order valence-electron chi connectivity index (χ4n) is 1.38. The largest absolute Gasteiger partial charge is 0.381 e. The average Bonchev–Trinajstić information content (AvgIpc) is 2.04. The molecule has 0 spiro atoms. The summed E-state index contributed by atoms with van der Waals surface area (Å²) in [5.41, 5.74) is 0.930. The van der Waals surface area contributed by atoms with E-state index in [1.165, 1.54) is 6.42 Å². The molecule has 0 aromatic rings. The van der Waals surface area contributed by atoms with Gasteiger partial charge in [-0.05, 0) is 18.0 Å². The minimum atomic E-state index is 0.192. The Balaban J connectivity index is 2.40. The van der Waals surface area contributed by atoms with E-state index in [0.29, 0.717) is 0 Å². The van der Waals surface area contributed by atoms with Gasteiger partial charge in [-0.25, -0.2) is 0 Å². The van der Waals surface area contributed by atoms with E-state index in [1.54, 1.807) is 0 Å². The summed E-state index contributed by atoms with van der Waals surface area (Å²) in [6.45, 7) is 4.28. The Kier molecular flexibility index (Phi) is 5.30. The number of hydrogen-bond donors (Lipinski definition) is 0. The first-order chi connectivity index (χ1) is 5.25. The maximum absolute atomic E-state index is 5.40. The molecule has 1 aliphatic rings. The van der Waals surface area contributed by atoms with Crippen LogP contribution in [0.25, 0.3) is 0 Å². The first-order valence-electron chi connectivity index (χ1n) is 3.83. The fraction of sp³-hybridized carbons (Fsp3) is 1.00. The van der Waals surface area contributed by atoms with Crippen LogP contribution in [0.15, 0.2) is 0 Å². The van der Waals surface area contributed by atoms with Crippen LogP contribution < -0.4 is 0 Å². The lowest BCUT2D eigenvalue weighted by Gasteiger charge is -2.32. The average molecular weight is 228 g/mol. The Bertz CT molecular complexity index is 117. The lowest BCUT2D eigenvalue weighted by atomic mass is 10.0. The van der Waals surface area contributed by atoms with Gasteiger partial charge in [0.25, 0.3) is 0 Å². The summed E-state index contributed by atoms with van der Waals surface area (Å²) in [4.78, 5) is 0. The van der Waals surface area contributed by atoms with E-state index in [1.807, 2.05) is 0 Å². The van der Waals surface area contributed by atoms with E-state index in [9.17, 15) is 0 Å². The molecule has 0 aromatic heterocycles. The van der Waals surface area contributed by atoms with Crippen LogP contribution in [-0.2, 0) is 4.74 Å². The van der Waals surface area contributed by atoms with E-state index >= 15 is 0 Å². The molecule has 0 radical (unpaired) electrons. The Morgan fingerprint density at radius 3 is 2.91 bits per heavy atom. The van der Waals surface area contributed by atoms with E-state index in [0.717, 1.165) is 32.7 Å². The Labute approximate surface area is 76.4 Å². The van der Waals surface area contributed by atoms with Crippen molar-refractivity contribution >= 4 is 33.1 Å². The highest BCUT2D eigenvalue weighted by Crippen LogP contribution is 2.71. The topological polar surface area (TPSA) is 9.23 Å². The van der Waals surface area contributed by atoms with Crippen molar-refractivity contribution in [1.29, 1.82) is 0 Å². The van der Waals surface area contributed by atoms with Gasteiger partial charge in [-0.15, -0.1) is 17.9 Å². The normalized spacial score (nSPS) is 36.3. The molecular formula is C6H16OP4. The van der Waals surface area contributed by atoms with Gasteiger partial charge in [-0.2, -0.15) is 0 Å². The van der Waals surface area contributed by atoms with E-state index in [2.05, 4.69) is 24.8 Å². The van der Waals surface area contributed by atoms with Crippen LogP contribution in [0.3, 0.4) is 0 Å². The van der Waals surface area contributed by atoms with Crippen molar-refractivity contribution in [3.63, 3.8) is 0 Å². The van der Waals surface area contributed by atoms with Crippen LogP contribution >= 0.6 is 33.1 Å². The predicted molar refractivity (Wildman–Crippen MR) is 63.0 cm³/mol. The molecule has 1 fully saturated rings. The molecular weight excluding hydrogens is 212 g/mol. The molecule has 1 rings (SSSR count). The Morgan fingerprint density at radius 1 is 1.64 bits per heavy atom. The van der Waals surface area contributed by atoms with Gasteiger partial charge in [-0.1, -0.05) is 22.2 Å². The van der Waals surface area contributed by atoms with Crippen molar-refractivity contribution in [2.45, 2.75) is 19.0 Å². The molecule has 1 nitrogen and oxygen atoms in total. The van der Waals surface area contributed by atoms with Gasteiger partial charge < -0.3 is 4.74 Å². The van der Waals surface area contributed by atoms with Crippen molar-refractivity contribution in [3.8, 4) is 0 Å². The van der Waals surface area contributed by atoms with Gasteiger partial charge in [0, 0.05) is 13.2 Å². The highest BCUT2D eigenvalue weighted by molar-refractivity contribution is 8.61. The van der Waals surface area contributed by atoms with Crippen molar-refractivity contribution in [2.75, 3.05) is 13.2 Å². The molecule has 0 saturated carbocycles. The van der Waals surface area contributed by atoms with Crippen LogP contribution in [0.2, 0.25) is 0 Å². The predicted octanol–water partition coefficient (Wildman–Crippen LogP) is 3.07. The molecule has 0 bridgehead atoms. The van der Waals surface area contributed by atoms with Gasteiger partial charge in [0.15, 0.2) is 0 Å². The van der Waals surface area contributed by atoms with Gasteiger partial charge in [0.2, 0.25) is 0 Å². The molecule has 1 saturated heterocycles. The third kappa shape index (κ3) is 3.14. The van der Waals surface area contributed by atoms with Gasteiger partial charge in [-0.3, -0.25) is 0 Å². The molecule has 6 atom stereocenters. The van der Waals surface area contributed by atoms with E-state index < -0.39 is 0 Å². The van der Waals surface area contributed by atoms with Crippen molar-refractivity contribution in [3.05, 3.63) is 0 Å². The molecule has 11 heavy (non-hydrogen) atoms. The molecule has 6 unspecified atom stereocenters. The van der Waals surface area contributed by atoms with Crippen LogP contribution in [-0.4, -0.2) is 18.9 Å². The van der Waals surface area contributed by atoms with Crippen LogP contribution in [0.5, 0.6) is 0 Å². The fourth-order valence-corrected chi connectivity index (χ4v) is 7.36. The lowest BCUT2D eigenvalue weighted by molar-refractivity contribution is 0.0652. The van der Waals surface area contributed by atoms with Gasteiger partial charge >= 0.3 is 0 Å². The SMILES string of the molecule is CC1COCCC1P(P)PP. The van der Waals surface area contributed by atoms with E-state index in [-0.39, 0.29) is 7.30 Å². The summed E-state index contributed by atoms with van der Waals surface area (Å²) in [7, 11) is 7.13. The third-order valence-electron chi connectivity index (χ3n) is 2.10. The molecule has 5 heteroatoms. The summed E-state index contributed by atoms with van der Waals surface area (Å²) in [5, 5.41) is 0. The summed E-state index contributed by atoms with van der Waals surface area (Å²) >= 11 is 0. The van der Waals surface area contributed by atoms with Crippen molar-refractivity contribution < 1.29 is 4.74 Å². The number of hydrogen-bond acceptors (Lipinski definition) is 1. The van der Waals surface area contributed by atoms with Gasteiger partial charge in [0.1, 0.15) is 0 Å². The lowest BCUT2D eigenvalue weighted by Crippen LogP contribution is -2.26. The van der Waals surface area contributed by atoms with E-state index in [4.69, 9.17) is 4.74 Å². The summed E-state index contributed by atoms with van der Waals surface area (Å²) < 4.78 is 5.40. The quantitative estimate of drug-likeness (QED) is 0.660. The standard InChI is InChI=1S/C6H16OP4/c1-5-4-7-3-2-6(5)11(9)10-8/h5-6,10H,2-4,8-9H2,1H3. The highest BCUT2D eigenvalue weighted by atomic mass is 32.6. The highest BCUT2D eigenvalue weighted by Gasteiger charge is 2.25. The molecule has 0 aliphatic carbocycles. The minimum absolute atomic E-state index is 0.192.